The van der Waals surface area contributed by atoms with E-state index in [2.05, 4.69) is 11.1 Å². The number of hydrogen-bond acceptors (Lipinski definition) is 2. The van der Waals surface area contributed by atoms with Crippen LogP contribution in [0, 0.1) is 6.07 Å². The molecule has 2 heteroatoms. The number of nitrogens with zero attached hydrogens (tertiary/aromatic N) is 1. The molecule has 0 atom stereocenters. The fourth-order valence-corrected chi connectivity index (χ4v) is 1.67. The Balaban J connectivity index is 2.28. The average molecular weight is 194 g/mol. The van der Waals surface area contributed by atoms with Crippen molar-refractivity contribution in [3.05, 3.63) is 55.1 Å². The lowest BCUT2D eigenvalue weighted by atomic mass is 10.1. The third kappa shape index (κ3) is 1.31. The molecular formula is C13H8NO. The van der Waals surface area contributed by atoms with Crippen molar-refractivity contribution in [1.82, 2.24) is 4.98 Å². The Hall–Kier alpha value is -2.09. The van der Waals surface area contributed by atoms with Gasteiger partial charge in [-0.15, -0.1) is 0 Å². The standard InChI is InChI=1S/C13H8NO/c1-2-6-13-11(5-1)12(9-15-13)10-4-3-7-14-8-10/h1,3-9H. The molecule has 2 aromatic heterocycles. The molecule has 1 radical (unpaired) electrons. The highest BCUT2D eigenvalue weighted by Crippen LogP contribution is 2.29. The van der Waals surface area contributed by atoms with Crippen LogP contribution in [0.5, 0.6) is 0 Å². The number of rotatable bonds is 1. The fraction of sp³-hybridized carbons (Fsp3) is 0. The van der Waals surface area contributed by atoms with Crippen LogP contribution in [-0.2, 0) is 0 Å². The Bertz CT molecular complexity index is 584. The zero-order valence-electron chi connectivity index (χ0n) is 7.97. The minimum absolute atomic E-state index is 0.858. The maximum Gasteiger partial charge on any atom is 0.135 e. The summed E-state index contributed by atoms with van der Waals surface area (Å²) in [5.41, 5.74) is 3.01. The quantitative estimate of drug-likeness (QED) is 0.594. The first-order valence-electron chi connectivity index (χ1n) is 4.73. The minimum Gasteiger partial charge on any atom is -0.464 e. The predicted octanol–water partition coefficient (Wildman–Crippen LogP) is 3.29. The van der Waals surface area contributed by atoms with Crippen molar-refractivity contribution >= 4 is 11.0 Å². The van der Waals surface area contributed by atoms with Crippen LogP contribution >= 0.6 is 0 Å². The van der Waals surface area contributed by atoms with Gasteiger partial charge in [0.25, 0.3) is 0 Å². The van der Waals surface area contributed by atoms with Gasteiger partial charge in [0.05, 0.1) is 6.26 Å². The maximum absolute atomic E-state index is 5.44. The van der Waals surface area contributed by atoms with Gasteiger partial charge in [-0.2, -0.15) is 0 Å². The second-order valence-corrected chi connectivity index (χ2v) is 3.31. The molecule has 0 saturated heterocycles. The van der Waals surface area contributed by atoms with Gasteiger partial charge in [-0.3, -0.25) is 4.98 Å². The number of fused-ring (bicyclic) bond motifs is 1. The van der Waals surface area contributed by atoms with Crippen molar-refractivity contribution in [2.75, 3.05) is 0 Å². The van der Waals surface area contributed by atoms with E-state index in [1.807, 2.05) is 36.5 Å². The molecule has 0 saturated carbocycles. The first kappa shape index (κ1) is 8.24. The molecule has 0 aliphatic rings. The summed E-state index contributed by atoms with van der Waals surface area (Å²) in [5, 5.41) is 1.10. The van der Waals surface area contributed by atoms with Gasteiger partial charge in [-0.25, -0.2) is 0 Å². The van der Waals surface area contributed by atoms with Crippen molar-refractivity contribution in [2.24, 2.45) is 0 Å². The summed E-state index contributed by atoms with van der Waals surface area (Å²) in [6.07, 6.45) is 5.36. The van der Waals surface area contributed by atoms with Gasteiger partial charge in [0.15, 0.2) is 0 Å². The number of aromatic nitrogens is 1. The lowest BCUT2D eigenvalue weighted by Gasteiger charge is -1.95. The Morgan fingerprint density at radius 2 is 2.27 bits per heavy atom. The summed E-state index contributed by atoms with van der Waals surface area (Å²) in [5.74, 6) is 0. The van der Waals surface area contributed by atoms with E-state index in [1.54, 1.807) is 12.5 Å². The molecule has 0 fully saturated rings. The van der Waals surface area contributed by atoms with Crippen LogP contribution in [0.25, 0.3) is 22.1 Å². The van der Waals surface area contributed by atoms with Crippen LogP contribution in [0.2, 0.25) is 0 Å². The van der Waals surface area contributed by atoms with E-state index in [0.717, 1.165) is 22.1 Å². The minimum atomic E-state index is 0.858. The van der Waals surface area contributed by atoms with Gasteiger partial charge in [-0.05, 0) is 24.3 Å². The predicted molar refractivity (Wildman–Crippen MR) is 58.3 cm³/mol. The van der Waals surface area contributed by atoms with Crippen molar-refractivity contribution < 1.29 is 4.42 Å². The summed E-state index contributed by atoms with van der Waals surface area (Å²) in [6.45, 7) is 0. The largest absolute Gasteiger partial charge is 0.464 e. The van der Waals surface area contributed by atoms with Crippen LogP contribution in [0.15, 0.2) is 53.4 Å². The molecule has 2 nitrogen and oxygen atoms in total. The topological polar surface area (TPSA) is 26.0 Å². The zero-order valence-corrected chi connectivity index (χ0v) is 7.97. The second-order valence-electron chi connectivity index (χ2n) is 3.31. The molecule has 71 valence electrons. The van der Waals surface area contributed by atoms with Crippen LogP contribution in [0.1, 0.15) is 0 Å². The molecule has 0 spiro atoms. The van der Waals surface area contributed by atoms with Gasteiger partial charge < -0.3 is 4.42 Å². The maximum atomic E-state index is 5.44. The molecule has 1 aromatic carbocycles. The van der Waals surface area contributed by atoms with E-state index in [9.17, 15) is 0 Å². The summed E-state index contributed by atoms with van der Waals surface area (Å²) >= 11 is 0. The summed E-state index contributed by atoms with van der Waals surface area (Å²) in [7, 11) is 0. The summed E-state index contributed by atoms with van der Waals surface area (Å²) in [4.78, 5) is 4.10. The van der Waals surface area contributed by atoms with Crippen molar-refractivity contribution in [1.29, 1.82) is 0 Å². The molecule has 0 unspecified atom stereocenters. The van der Waals surface area contributed by atoms with Crippen molar-refractivity contribution in [2.45, 2.75) is 0 Å². The van der Waals surface area contributed by atoms with Gasteiger partial charge in [0.2, 0.25) is 0 Å². The van der Waals surface area contributed by atoms with E-state index in [4.69, 9.17) is 4.42 Å². The first-order valence-corrected chi connectivity index (χ1v) is 4.73. The normalized spacial score (nSPS) is 10.7. The lowest BCUT2D eigenvalue weighted by molar-refractivity contribution is 0.617. The van der Waals surface area contributed by atoms with E-state index in [-0.39, 0.29) is 0 Å². The summed E-state index contributed by atoms with van der Waals surface area (Å²) < 4.78 is 5.44. The fourth-order valence-electron chi connectivity index (χ4n) is 1.67. The molecular weight excluding hydrogens is 186 g/mol. The van der Waals surface area contributed by atoms with Crippen LogP contribution in [0.4, 0.5) is 0 Å². The number of hydrogen-bond donors (Lipinski definition) is 0. The third-order valence-corrected chi connectivity index (χ3v) is 2.39. The Labute approximate surface area is 87.2 Å². The molecule has 0 aliphatic carbocycles. The zero-order chi connectivity index (χ0) is 10.1. The lowest BCUT2D eigenvalue weighted by Crippen LogP contribution is -1.76. The molecule has 0 aliphatic heterocycles. The Kier molecular flexibility index (Phi) is 1.78. The highest BCUT2D eigenvalue weighted by molar-refractivity contribution is 5.93. The first-order chi connectivity index (χ1) is 7.45. The van der Waals surface area contributed by atoms with E-state index in [0.29, 0.717) is 0 Å². The van der Waals surface area contributed by atoms with E-state index >= 15 is 0 Å². The van der Waals surface area contributed by atoms with Crippen LogP contribution < -0.4 is 0 Å². The smallest absolute Gasteiger partial charge is 0.135 e. The highest BCUT2D eigenvalue weighted by Gasteiger charge is 2.06. The molecule has 3 aromatic rings. The number of benzene rings is 1. The number of pyridine rings is 1. The van der Waals surface area contributed by atoms with Crippen LogP contribution in [0.3, 0.4) is 0 Å². The summed E-state index contributed by atoms with van der Waals surface area (Å²) in [6, 6.07) is 12.7. The Morgan fingerprint density at radius 1 is 1.27 bits per heavy atom. The third-order valence-electron chi connectivity index (χ3n) is 2.39. The van der Waals surface area contributed by atoms with Crippen molar-refractivity contribution in [3.63, 3.8) is 0 Å². The van der Waals surface area contributed by atoms with Crippen LogP contribution in [-0.4, -0.2) is 4.98 Å². The molecule has 15 heavy (non-hydrogen) atoms. The van der Waals surface area contributed by atoms with Gasteiger partial charge >= 0.3 is 0 Å². The monoisotopic (exact) mass is 194 g/mol. The van der Waals surface area contributed by atoms with Gasteiger partial charge in [-0.1, -0.05) is 12.1 Å². The average Bonchev–Trinajstić information content (AvgIpc) is 2.74. The molecule has 0 bridgehead atoms. The van der Waals surface area contributed by atoms with Crippen molar-refractivity contribution in [3.8, 4) is 11.1 Å². The highest BCUT2D eigenvalue weighted by atomic mass is 16.3. The number of furan rings is 1. The van der Waals surface area contributed by atoms with Gasteiger partial charge in [0, 0.05) is 28.9 Å². The molecule has 0 amide bonds. The SMILES string of the molecule is [c]1ccc2c(-c3cccnc3)coc2c1. The molecule has 0 N–H and O–H groups in total. The molecule has 3 rings (SSSR count). The second kappa shape index (κ2) is 3.24. The van der Waals surface area contributed by atoms with E-state index < -0.39 is 0 Å². The van der Waals surface area contributed by atoms with Gasteiger partial charge in [0.1, 0.15) is 5.58 Å². The molecule has 2 heterocycles. The Morgan fingerprint density at radius 3 is 3.13 bits per heavy atom. The van der Waals surface area contributed by atoms with E-state index in [1.165, 1.54) is 0 Å².